The van der Waals surface area contributed by atoms with Gasteiger partial charge in [-0.1, -0.05) is 18.2 Å². The van der Waals surface area contributed by atoms with Crippen LogP contribution in [0.25, 0.3) is 0 Å². The van der Waals surface area contributed by atoms with E-state index in [4.69, 9.17) is 9.15 Å². The van der Waals surface area contributed by atoms with Crippen molar-refractivity contribution in [3.63, 3.8) is 0 Å². The van der Waals surface area contributed by atoms with Gasteiger partial charge in [0.1, 0.15) is 17.2 Å². The van der Waals surface area contributed by atoms with Gasteiger partial charge in [-0.25, -0.2) is 4.79 Å². The van der Waals surface area contributed by atoms with Crippen LogP contribution in [0.1, 0.15) is 30.5 Å². The molecule has 8 heteroatoms. The quantitative estimate of drug-likeness (QED) is 0.716. The van der Waals surface area contributed by atoms with Gasteiger partial charge in [-0.15, -0.1) is 11.8 Å². The van der Waals surface area contributed by atoms with Gasteiger partial charge in [0.2, 0.25) is 5.91 Å². The Hall–Kier alpha value is -2.74. The minimum absolute atomic E-state index is 0.245. The topological polar surface area (TPSA) is 80.1 Å². The third kappa shape index (κ3) is 3.64. The fourth-order valence-electron chi connectivity index (χ4n) is 3.81. The number of carbonyl (C=O) groups excluding carboxylic acids is 3. The maximum atomic E-state index is 12.9. The number of thioether (sulfide) groups is 1. The zero-order chi connectivity index (χ0) is 20.5. The van der Waals surface area contributed by atoms with Gasteiger partial charge in [0.05, 0.1) is 6.26 Å². The number of ether oxygens (including phenoxy) is 1. The van der Waals surface area contributed by atoms with E-state index in [0.717, 1.165) is 17.7 Å². The van der Waals surface area contributed by atoms with E-state index in [2.05, 4.69) is 0 Å². The standard InChI is InChI=1S/C21H22N2O5S/c1-13(19(25)22-10-9-15-6-3-4-7-16(15)22)28-21(26)17-12-29-20(23(17)14(2)24)18-8-5-11-27-18/h3-8,11,13,17,20H,9-10,12H2,1-2H3/t13-,17-,20+/m0/s1. The fraction of sp³-hybridized carbons (Fsp3) is 0.381. The third-order valence-electron chi connectivity index (χ3n) is 5.22. The number of furan rings is 1. The molecular weight excluding hydrogens is 392 g/mol. The lowest BCUT2D eigenvalue weighted by Gasteiger charge is -2.27. The largest absolute Gasteiger partial charge is 0.466 e. The molecule has 2 aromatic rings. The number of hydrogen-bond donors (Lipinski definition) is 0. The molecule has 3 atom stereocenters. The summed E-state index contributed by atoms with van der Waals surface area (Å²) < 4.78 is 10.9. The molecule has 0 radical (unpaired) electrons. The number of fused-ring (bicyclic) bond motifs is 1. The molecule has 2 aliphatic heterocycles. The van der Waals surface area contributed by atoms with Gasteiger partial charge in [0.25, 0.3) is 5.91 Å². The maximum absolute atomic E-state index is 12.9. The average Bonchev–Trinajstić information content (AvgIpc) is 3.45. The fourth-order valence-corrected chi connectivity index (χ4v) is 5.23. The van der Waals surface area contributed by atoms with Crippen LogP contribution >= 0.6 is 11.8 Å². The Morgan fingerprint density at radius 2 is 2.00 bits per heavy atom. The number of carbonyl (C=O) groups is 3. The van der Waals surface area contributed by atoms with Crippen molar-refractivity contribution in [2.75, 3.05) is 17.2 Å². The van der Waals surface area contributed by atoms with Gasteiger partial charge >= 0.3 is 5.97 Å². The van der Waals surface area contributed by atoms with Crippen LogP contribution in [0, 0.1) is 0 Å². The monoisotopic (exact) mass is 414 g/mol. The summed E-state index contributed by atoms with van der Waals surface area (Å²) >= 11 is 1.44. The molecule has 0 bridgehead atoms. The Morgan fingerprint density at radius 3 is 2.72 bits per heavy atom. The van der Waals surface area contributed by atoms with Gasteiger partial charge < -0.3 is 19.0 Å². The third-order valence-corrected chi connectivity index (χ3v) is 6.50. The Labute approximate surface area is 173 Å². The molecule has 1 fully saturated rings. The summed E-state index contributed by atoms with van der Waals surface area (Å²) in [6, 6.07) is 10.5. The van der Waals surface area contributed by atoms with Crippen molar-refractivity contribution in [1.29, 1.82) is 0 Å². The highest BCUT2D eigenvalue weighted by atomic mass is 32.2. The summed E-state index contributed by atoms with van der Waals surface area (Å²) in [5.41, 5.74) is 1.97. The van der Waals surface area contributed by atoms with Crippen LogP contribution in [0.5, 0.6) is 0 Å². The summed E-state index contributed by atoms with van der Waals surface area (Å²) in [7, 11) is 0. The molecule has 152 valence electrons. The Morgan fingerprint density at radius 1 is 1.21 bits per heavy atom. The molecule has 2 amide bonds. The van der Waals surface area contributed by atoms with Crippen molar-refractivity contribution < 1.29 is 23.5 Å². The Bertz CT molecular complexity index is 929. The molecular formula is C21H22N2O5S. The summed E-state index contributed by atoms with van der Waals surface area (Å²) in [6.45, 7) is 3.56. The molecule has 29 heavy (non-hydrogen) atoms. The zero-order valence-corrected chi connectivity index (χ0v) is 17.1. The van der Waals surface area contributed by atoms with Crippen molar-refractivity contribution in [1.82, 2.24) is 4.90 Å². The van der Waals surface area contributed by atoms with Crippen LogP contribution in [-0.4, -0.2) is 47.1 Å². The highest BCUT2D eigenvalue weighted by molar-refractivity contribution is 7.99. The molecule has 2 aliphatic rings. The number of benzene rings is 1. The minimum Gasteiger partial charge on any atom is -0.466 e. The first-order valence-electron chi connectivity index (χ1n) is 9.51. The summed E-state index contributed by atoms with van der Waals surface area (Å²) in [5, 5.41) is -0.378. The second-order valence-corrected chi connectivity index (χ2v) is 8.20. The number of anilines is 1. The van der Waals surface area contributed by atoms with E-state index in [1.54, 1.807) is 24.0 Å². The highest BCUT2D eigenvalue weighted by Crippen LogP contribution is 2.42. The molecule has 1 aromatic heterocycles. The number of amides is 2. The van der Waals surface area contributed by atoms with E-state index >= 15 is 0 Å². The highest BCUT2D eigenvalue weighted by Gasteiger charge is 2.44. The molecule has 0 aliphatic carbocycles. The normalized spacial score (nSPS) is 21.7. The van der Waals surface area contributed by atoms with Crippen molar-refractivity contribution in [3.8, 4) is 0 Å². The zero-order valence-electron chi connectivity index (χ0n) is 16.2. The van der Waals surface area contributed by atoms with Gasteiger partial charge in [-0.3, -0.25) is 9.59 Å². The SMILES string of the molecule is CC(=O)N1[C@@H](c2ccco2)SC[C@H]1C(=O)O[C@@H](C)C(=O)N1CCc2ccccc21. The number of hydrogen-bond acceptors (Lipinski definition) is 6. The molecule has 0 N–H and O–H groups in total. The first-order valence-corrected chi connectivity index (χ1v) is 10.6. The lowest BCUT2D eigenvalue weighted by Crippen LogP contribution is -2.46. The molecule has 1 aromatic carbocycles. The Kier molecular flexibility index (Phi) is 5.36. The van der Waals surface area contributed by atoms with E-state index < -0.39 is 18.1 Å². The number of nitrogens with zero attached hydrogens (tertiary/aromatic N) is 2. The van der Waals surface area contributed by atoms with Crippen LogP contribution in [0.4, 0.5) is 5.69 Å². The van der Waals surface area contributed by atoms with Gasteiger partial charge in [0, 0.05) is 24.9 Å². The lowest BCUT2D eigenvalue weighted by atomic mass is 10.2. The molecule has 0 spiro atoms. The number of rotatable bonds is 4. The second-order valence-electron chi connectivity index (χ2n) is 7.09. The van der Waals surface area contributed by atoms with Crippen molar-refractivity contribution in [3.05, 3.63) is 54.0 Å². The predicted molar refractivity (Wildman–Crippen MR) is 108 cm³/mol. The van der Waals surface area contributed by atoms with E-state index in [1.165, 1.54) is 29.8 Å². The Balaban J connectivity index is 1.45. The van der Waals surface area contributed by atoms with Crippen LogP contribution in [0.3, 0.4) is 0 Å². The summed E-state index contributed by atoms with van der Waals surface area (Å²) in [6.07, 6.45) is 1.38. The number of esters is 1. The first-order chi connectivity index (χ1) is 14.0. The minimum atomic E-state index is -0.935. The van der Waals surface area contributed by atoms with E-state index in [0.29, 0.717) is 18.1 Å². The summed E-state index contributed by atoms with van der Waals surface area (Å²) in [4.78, 5) is 41.0. The van der Waals surface area contributed by atoms with E-state index in [-0.39, 0.29) is 17.2 Å². The van der Waals surface area contributed by atoms with Crippen LogP contribution in [-0.2, 0) is 25.5 Å². The van der Waals surface area contributed by atoms with Crippen molar-refractivity contribution in [2.24, 2.45) is 0 Å². The first kappa shape index (κ1) is 19.6. The molecule has 0 unspecified atom stereocenters. The number of para-hydroxylation sites is 1. The van der Waals surface area contributed by atoms with Crippen molar-refractivity contribution >= 4 is 35.2 Å². The van der Waals surface area contributed by atoms with Crippen molar-refractivity contribution in [2.45, 2.75) is 37.8 Å². The van der Waals surface area contributed by atoms with Gasteiger partial charge in [-0.05, 0) is 37.1 Å². The van der Waals surface area contributed by atoms with Gasteiger partial charge in [-0.2, -0.15) is 0 Å². The van der Waals surface area contributed by atoms with Gasteiger partial charge in [0.15, 0.2) is 6.10 Å². The van der Waals surface area contributed by atoms with Crippen LogP contribution in [0.15, 0.2) is 47.1 Å². The predicted octanol–water partition coefficient (Wildman–Crippen LogP) is 2.76. The molecule has 0 saturated carbocycles. The molecule has 4 rings (SSSR count). The molecule has 3 heterocycles. The molecule has 1 saturated heterocycles. The second kappa shape index (κ2) is 7.94. The summed E-state index contributed by atoms with van der Waals surface area (Å²) in [5.74, 6) is -0.0814. The van der Waals surface area contributed by atoms with Crippen LogP contribution in [0.2, 0.25) is 0 Å². The maximum Gasteiger partial charge on any atom is 0.330 e. The average molecular weight is 414 g/mol. The smallest absolute Gasteiger partial charge is 0.330 e. The molecule has 7 nitrogen and oxygen atoms in total. The van der Waals surface area contributed by atoms with E-state index in [1.807, 2.05) is 24.3 Å². The lowest BCUT2D eigenvalue weighted by molar-refractivity contribution is -0.160. The van der Waals surface area contributed by atoms with E-state index in [9.17, 15) is 14.4 Å². The van der Waals surface area contributed by atoms with Crippen LogP contribution < -0.4 is 4.90 Å².